The fourth-order valence-electron chi connectivity index (χ4n) is 2.04. The number of anilines is 1. The Morgan fingerprint density at radius 1 is 1.29 bits per heavy atom. The number of aryl methyl sites for hydroxylation is 1. The first kappa shape index (κ1) is 13.1. The van der Waals surface area contributed by atoms with Crippen LogP contribution in [-0.2, 0) is 0 Å². The molecule has 0 aliphatic carbocycles. The van der Waals surface area contributed by atoms with Crippen molar-refractivity contribution in [1.82, 2.24) is 9.97 Å². The number of nitrogens with zero attached hydrogens (tertiary/aromatic N) is 1. The van der Waals surface area contributed by atoms with Gasteiger partial charge in [-0.2, -0.15) is 0 Å². The van der Waals surface area contributed by atoms with Crippen molar-refractivity contribution >= 4 is 28.5 Å². The Balaban J connectivity index is 1.83. The predicted molar refractivity (Wildman–Crippen MR) is 77.5 cm³/mol. The van der Waals surface area contributed by atoms with E-state index >= 15 is 0 Å². The molecule has 2 N–H and O–H groups in total. The van der Waals surface area contributed by atoms with E-state index in [0.29, 0.717) is 28.4 Å². The number of carbonyl (C=O) groups is 2. The minimum Gasteiger partial charge on any atom is -0.441 e. The van der Waals surface area contributed by atoms with Crippen LogP contribution in [0.1, 0.15) is 33.7 Å². The first-order valence-electron chi connectivity index (χ1n) is 6.41. The number of ketones is 1. The van der Waals surface area contributed by atoms with Crippen molar-refractivity contribution in [3.05, 3.63) is 47.6 Å². The number of aromatic amines is 1. The van der Waals surface area contributed by atoms with Gasteiger partial charge < -0.3 is 14.7 Å². The van der Waals surface area contributed by atoms with Gasteiger partial charge in [-0.05, 0) is 25.1 Å². The number of benzene rings is 1. The molecule has 0 aliphatic rings. The van der Waals surface area contributed by atoms with Crippen LogP contribution < -0.4 is 5.32 Å². The zero-order valence-electron chi connectivity index (χ0n) is 11.6. The molecule has 2 aromatic heterocycles. The smallest absolute Gasteiger partial charge is 0.272 e. The Morgan fingerprint density at radius 2 is 2.10 bits per heavy atom. The van der Waals surface area contributed by atoms with E-state index in [1.165, 1.54) is 19.2 Å². The number of hydrogen-bond donors (Lipinski definition) is 2. The van der Waals surface area contributed by atoms with Gasteiger partial charge in [0.15, 0.2) is 17.3 Å². The number of hydrogen-bond acceptors (Lipinski definition) is 4. The maximum atomic E-state index is 12.1. The zero-order valence-corrected chi connectivity index (χ0v) is 11.6. The average molecular weight is 283 g/mol. The molecule has 0 bridgehead atoms. The summed E-state index contributed by atoms with van der Waals surface area (Å²) < 4.78 is 5.42. The number of oxazole rings is 1. The number of nitrogens with one attached hydrogen (secondary N) is 2. The van der Waals surface area contributed by atoms with Gasteiger partial charge in [-0.1, -0.05) is 0 Å². The van der Waals surface area contributed by atoms with Crippen LogP contribution in [0.4, 0.5) is 5.69 Å². The summed E-state index contributed by atoms with van der Waals surface area (Å²) in [5.41, 5.74) is 2.75. The molecular formula is C15H13N3O3. The largest absolute Gasteiger partial charge is 0.441 e. The maximum absolute atomic E-state index is 12.1. The maximum Gasteiger partial charge on any atom is 0.272 e. The van der Waals surface area contributed by atoms with E-state index in [2.05, 4.69) is 15.3 Å². The topological polar surface area (TPSA) is 88.0 Å². The summed E-state index contributed by atoms with van der Waals surface area (Å²) in [5.74, 6) is 0.158. The van der Waals surface area contributed by atoms with Crippen molar-refractivity contribution in [2.45, 2.75) is 13.8 Å². The Labute approximate surface area is 120 Å². The number of H-pyrrole nitrogens is 1. The van der Waals surface area contributed by atoms with Crippen LogP contribution in [0.5, 0.6) is 0 Å². The summed E-state index contributed by atoms with van der Waals surface area (Å²) in [5, 5.41) is 2.74. The highest BCUT2D eigenvalue weighted by atomic mass is 16.3. The molecule has 1 aromatic carbocycles. The van der Waals surface area contributed by atoms with Crippen LogP contribution in [0.15, 0.2) is 34.9 Å². The zero-order chi connectivity index (χ0) is 15.0. The standard InChI is InChI=1S/C15H13N3O3/c1-8(19)10-5-13(16-7-10)15(20)18-11-3-4-12-14(6-11)21-9(2)17-12/h3-7,16H,1-2H3,(H,18,20). The average Bonchev–Trinajstić information content (AvgIpc) is 3.03. The minimum absolute atomic E-state index is 0.0937. The van der Waals surface area contributed by atoms with Crippen molar-refractivity contribution in [3.8, 4) is 0 Å². The minimum atomic E-state index is -0.321. The second kappa shape index (κ2) is 4.90. The monoisotopic (exact) mass is 283 g/mol. The molecule has 0 radical (unpaired) electrons. The molecule has 0 saturated heterocycles. The summed E-state index contributed by atoms with van der Waals surface area (Å²) in [6.07, 6.45) is 1.51. The van der Waals surface area contributed by atoms with Crippen molar-refractivity contribution in [2.75, 3.05) is 5.32 Å². The molecule has 6 heteroatoms. The molecule has 21 heavy (non-hydrogen) atoms. The molecule has 6 nitrogen and oxygen atoms in total. The van der Waals surface area contributed by atoms with Gasteiger partial charge in [0, 0.05) is 30.4 Å². The SMILES string of the molecule is CC(=O)c1c[nH]c(C(=O)Nc2ccc3nc(C)oc3c2)c1. The van der Waals surface area contributed by atoms with Gasteiger partial charge in [0.1, 0.15) is 11.2 Å². The molecule has 0 saturated carbocycles. The number of Topliss-reactive ketones (excluding diaryl/α,β-unsaturated/α-hetero) is 1. The molecule has 3 rings (SSSR count). The highest BCUT2D eigenvalue weighted by molar-refractivity contribution is 6.05. The molecular weight excluding hydrogens is 270 g/mol. The van der Waals surface area contributed by atoms with E-state index in [-0.39, 0.29) is 11.7 Å². The molecule has 2 heterocycles. The lowest BCUT2D eigenvalue weighted by Gasteiger charge is -2.02. The molecule has 0 unspecified atom stereocenters. The highest BCUT2D eigenvalue weighted by Crippen LogP contribution is 2.20. The fraction of sp³-hybridized carbons (Fsp3) is 0.133. The third kappa shape index (κ3) is 2.55. The molecule has 0 fully saturated rings. The lowest BCUT2D eigenvalue weighted by molar-refractivity contribution is 0.101. The Morgan fingerprint density at radius 3 is 2.81 bits per heavy atom. The van der Waals surface area contributed by atoms with E-state index in [4.69, 9.17) is 4.42 Å². The Hall–Kier alpha value is -2.89. The summed E-state index contributed by atoms with van der Waals surface area (Å²) in [4.78, 5) is 30.3. The van der Waals surface area contributed by atoms with E-state index in [9.17, 15) is 9.59 Å². The van der Waals surface area contributed by atoms with Crippen molar-refractivity contribution < 1.29 is 14.0 Å². The third-order valence-electron chi connectivity index (χ3n) is 3.09. The number of rotatable bonds is 3. The van der Waals surface area contributed by atoms with E-state index in [1.54, 1.807) is 25.1 Å². The summed E-state index contributed by atoms with van der Waals surface area (Å²) >= 11 is 0. The molecule has 106 valence electrons. The predicted octanol–water partition coefficient (Wildman–Crippen LogP) is 2.92. The van der Waals surface area contributed by atoms with Crippen molar-refractivity contribution in [1.29, 1.82) is 0 Å². The van der Waals surface area contributed by atoms with E-state index in [0.717, 1.165) is 5.52 Å². The van der Waals surface area contributed by atoms with Crippen LogP contribution in [0.25, 0.3) is 11.1 Å². The second-order valence-electron chi connectivity index (χ2n) is 4.73. The number of carbonyl (C=O) groups excluding carboxylic acids is 2. The van der Waals surface area contributed by atoms with E-state index < -0.39 is 0 Å². The summed E-state index contributed by atoms with van der Waals surface area (Å²) in [7, 11) is 0. The second-order valence-corrected chi connectivity index (χ2v) is 4.73. The van der Waals surface area contributed by atoms with E-state index in [1.807, 2.05) is 0 Å². The molecule has 0 spiro atoms. The molecule has 1 amide bonds. The van der Waals surface area contributed by atoms with Crippen LogP contribution in [0, 0.1) is 6.92 Å². The lowest BCUT2D eigenvalue weighted by Crippen LogP contribution is -2.12. The molecule has 0 aliphatic heterocycles. The summed E-state index contributed by atoms with van der Waals surface area (Å²) in [6, 6.07) is 6.75. The molecule has 0 atom stereocenters. The van der Waals surface area contributed by atoms with Gasteiger partial charge in [0.05, 0.1) is 0 Å². The highest BCUT2D eigenvalue weighted by Gasteiger charge is 2.12. The van der Waals surface area contributed by atoms with Crippen LogP contribution in [0.2, 0.25) is 0 Å². The van der Waals surface area contributed by atoms with Gasteiger partial charge in [0.2, 0.25) is 0 Å². The van der Waals surface area contributed by atoms with Gasteiger partial charge >= 0.3 is 0 Å². The Kier molecular flexibility index (Phi) is 3.06. The number of aromatic nitrogens is 2. The number of fused-ring (bicyclic) bond motifs is 1. The first-order valence-corrected chi connectivity index (χ1v) is 6.41. The quantitative estimate of drug-likeness (QED) is 0.723. The third-order valence-corrected chi connectivity index (χ3v) is 3.09. The number of amides is 1. The van der Waals surface area contributed by atoms with Gasteiger partial charge in [-0.3, -0.25) is 9.59 Å². The molecule has 3 aromatic rings. The Bertz CT molecular complexity index is 845. The van der Waals surface area contributed by atoms with Crippen LogP contribution in [0.3, 0.4) is 0 Å². The van der Waals surface area contributed by atoms with Gasteiger partial charge in [-0.15, -0.1) is 0 Å². The van der Waals surface area contributed by atoms with Crippen molar-refractivity contribution in [2.24, 2.45) is 0 Å². The van der Waals surface area contributed by atoms with Crippen molar-refractivity contribution in [3.63, 3.8) is 0 Å². The fourth-order valence-corrected chi connectivity index (χ4v) is 2.04. The van der Waals surface area contributed by atoms with Crippen LogP contribution >= 0.6 is 0 Å². The van der Waals surface area contributed by atoms with Crippen LogP contribution in [-0.4, -0.2) is 21.7 Å². The lowest BCUT2D eigenvalue weighted by atomic mass is 10.2. The normalized spacial score (nSPS) is 10.8. The first-order chi connectivity index (χ1) is 10.0. The van der Waals surface area contributed by atoms with Gasteiger partial charge in [0.25, 0.3) is 5.91 Å². The van der Waals surface area contributed by atoms with Gasteiger partial charge in [-0.25, -0.2) is 4.98 Å². The summed E-state index contributed by atoms with van der Waals surface area (Å²) in [6.45, 7) is 3.21.